The largest absolute Gasteiger partial charge is 0.507 e. The van der Waals surface area contributed by atoms with Gasteiger partial charge < -0.3 is 10.1 Å². The van der Waals surface area contributed by atoms with Gasteiger partial charge >= 0.3 is 0 Å². The smallest absolute Gasteiger partial charge is 0.139 e. The summed E-state index contributed by atoms with van der Waals surface area (Å²) < 4.78 is 0. The van der Waals surface area contributed by atoms with Crippen LogP contribution in [-0.4, -0.2) is 25.8 Å². The third-order valence-corrected chi connectivity index (χ3v) is 3.22. The molecule has 18 heavy (non-hydrogen) atoms. The molecule has 1 aromatic heterocycles. The first-order chi connectivity index (χ1) is 8.63. The lowest BCUT2D eigenvalue weighted by Gasteiger charge is -2.02. The van der Waals surface area contributed by atoms with Crippen molar-refractivity contribution in [1.29, 1.82) is 0 Å². The van der Waals surface area contributed by atoms with Gasteiger partial charge in [-0.25, -0.2) is 0 Å². The van der Waals surface area contributed by atoms with E-state index in [1.165, 1.54) is 10.8 Å². The molecule has 1 heterocycles. The van der Waals surface area contributed by atoms with Crippen molar-refractivity contribution in [2.45, 2.75) is 0 Å². The first-order valence-corrected chi connectivity index (χ1v) is 6.03. The summed E-state index contributed by atoms with van der Waals surface area (Å²) in [6.45, 7) is 0. The van der Waals surface area contributed by atoms with Crippen molar-refractivity contribution < 1.29 is 5.11 Å². The Bertz CT molecular complexity index is 734. The number of aromatic hydroxyl groups is 1. The Morgan fingerprint density at radius 2 is 1.61 bits per heavy atom. The summed E-state index contributed by atoms with van der Waals surface area (Å²) in [5.74, 6) is 0.318. The number of phenolic OH excluding ortho intramolecular Hbond substituents is 1. The average Bonchev–Trinajstić information content (AvgIpc) is 2.71. The number of hydrogen-bond acceptors (Lipinski definition) is 1. The number of rotatable bonds is 1. The van der Waals surface area contributed by atoms with E-state index < -0.39 is 0 Å². The van der Waals surface area contributed by atoms with Crippen molar-refractivity contribution in [3.05, 3.63) is 42.5 Å². The summed E-state index contributed by atoms with van der Waals surface area (Å²) >= 11 is 0. The summed E-state index contributed by atoms with van der Waals surface area (Å²) in [5, 5.41) is 11.2. The van der Waals surface area contributed by atoms with E-state index in [4.69, 9.17) is 0 Å². The summed E-state index contributed by atoms with van der Waals surface area (Å²) in [6.07, 6.45) is 0. The number of aromatic amines is 1. The summed E-state index contributed by atoms with van der Waals surface area (Å²) in [6, 6.07) is 14.1. The second-order valence-corrected chi connectivity index (χ2v) is 4.79. The van der Waals surface area contributed by atoms with Gasteiger partial charge in [0.15, 0.2) is 0 Å². The van der Waals surface area contributed by atoms with Crippen LogP contribution in [0, 0.1) is 0 Å². The molecule has 2 aromatic carbocycles. The van der Waals surface area contributed by atoms with Gasteiger partial charge in [-0.1, -0.05) is 29.1 Å². The van der Waals surface area contributed by atoms with Crippen LogP contribution in [-0.2, 0) is 0 Å². The number of phenols is 1. The lowest BCUT2D eigenvalue weighted by atomic mass is 9.94. The molecule has 4 heteroatoms. The molecule has 86 valence electrons. The second-order valence-electron chi connectivity index (χ2n) is 4.79. The molecule has 0 aliphatic rings. The van der Waals surface area contributed by atoms with Gasteiger partial charge in [-0.15, -0.1) is 0 Å². The molecule has 0 saturated heterocycles. The van der Waals surface area contributed by atoms with Crippen LogP contribution in [0.3, 0.4) is 0 Å². The van der Waals surface area contributed by atoms with E-state index in [1.807, 2.05) is 20.0 Å². The predicted octanol–water partition coefficient (Wildman–Crippen LogP) is 0.0573. The Balaban J connectivity index is 2.19. The highest BCUT2D eigenvalue weighted by atomic mass is 16.3. The van der Waals surface area contributed by atoms with E-state index in [0.29, 0.717) is 5.75 Å². The van der Waals surface area contributed by atoms with Gasteiger partial charge in [0.25, 0.3) is 0 Å². The van der Waals surface area contributed by atoms with Gasteiger partial charge in [0, 0.05) is 11.1 Å². The average molecular weight is 233 g/mol. The molecule has 2 nitrogen and oxygen atoms in total. The molecule has 0 aliphatic heterocycles. The first kappa shape index (κ1) is 11.0. The van der Waals surface area contributed by atoms with E-state index in [9.17, 15) is 5.11 Å². The fourth-order valence-corrected chi connectivity index (χ4v) is 2.27. The molecule has 0 aliphatic carbocycles. The van der Waals surface area contributed by atoms with Crippen LogP contribution in [0.4, 0.5) is 0 Å². The molecule has 0 fully saturated rings. The highest BCUT2D eigenvalue weighted by molar-refractivity contribution is 6.33. The molecule has 0 saturated carbocycles. The minimum Gasteiger partial charge on any atom is -0.507 e. The third kappa shape index (κ3) is 1.80. The van der Waals surface area contributed by atoms with Gasteiger partial charge in [-0.3, -0.25) is 0 Å². The van der Waals surface area contributed by atoms with Crippen LogP contribution >= 0.6 is 0 Å². The standard InChI is InChI=1S/C14H13B2NO/c15-9-2-4-12-8(5-9)6-13(17-12)11-3-1-10(16)7-14(11)18/h1-7,17-18H,15-16H2. The van der Waals surface area contributed by atoms with Gasteiger partial charge in [0.1, 0.15) is 21.4 Å². The van der Waals surface area contributed by atoms with E-state index in [1.54, 1.807) is 6.07 Å². The van der Waals surface area contributed by atoms with E-state index >= 15 is 0 Å². The number of benzene rings is 2. The van der Waals surface area contributed by atoms with Crippen LogP contribution in [0.1, 0.15) is 0 Å². The summed E-state index contributed by atoms with van der Waals surface area (Å²) in [7, 11) is 4.05. The maximum atomic E-state index is 10.0. The second kappa shape index (κ2) is 3.98. The molecule has 0 spiro atoms. The molecule has 0 atom stereocenters. The van der Waals surface area contributed by atoms with Crippen LogP contribution in [0.2, 0.25) is 0 Å². The Hall–Kier alpha value is -2.09. The van der Waals surface area contributed by atoms with Crippen molar-refractivity contribution in [2.75, 3.05) is 0 Å². The molecule has 2 N–H and O–H groups in total. The summed E-state index contributed by atoms with van der Waals surface area (Å²) in [4.78, 5) is 3.34. The van der Waals surface area contributed by atoms with Crippen LogP contribution in [0.25, 0.3) is 22.2 Å². The molecule has 0 radical (unpaired) electrons. The number of aromatic nitrogens is 1. The van der Waals surface area contributed by atoms with Gasteiger partial charge in [0.2, 0.25) is 0 Å². The highest BCUT2D eigenvalue weighted by Crippen LogP contribution is 2.29. The minimum atomic E-state index is 0.318. The molecule has 0 unspecified atom stereocenters. The molecular weight excluding hydrogens is 220 g/mol. The van der Waals surface area contributed by atoms with Crippen molar-refractivity contribution >= 4 is 37.5 Å². The summed E-state index contributed by atoms with van der Waals surface area (Å²) in [5.41, 5.74) is 5.18. The third-order valence-electron chi connectivity index (χ3n) is 3.22. The highest BCUT2D eigenvalue weighted by Gasteiger charge is 2.07. The zero-order chi connectivity index (χ0) is 12.7. The lowest BCUT2D eigenvalue weighted by Crippen LogP contribution is -2.00. The first-order valence-electron chi connectivity index (χ1n) is 6.03. The van der Waals surface area contributed by atoms with Crippen LogP contribution in [0.15, 0.2) is 42.5 Å². The van der Waals surface area contributed by atoms with E-state index in [-0.39, 0.29) is 0 Å². The van der Waals surface area contributed by atoms with Crippen LogP contribution < -0.4 is 10.9 Å². The van der Waals surface area contributed by atoms with E-state index in [0.717, 1.165) is 22.2 Å². The normalized spacial score (nSPS) is 10.9. The monoisotopic (exact) mass is 233 g/mol. The number of hydrogen-bond donors (Lipinski definition) is 2. The SMILES string of the molecule is Bc1ccc(-c2cc3cc(B)ccc3[nH]2)c(O)c1. The van der Waals surface area contributed by atoms with Gasteiger partial charge in [0.05, 0.1) is 5.69 Å². The predicted molar refractivity (Wildman–Crippen MR) is 81.8 cm³/mol. The Morgan fingerprint density at radius 3 is 2.39 bits per heavy atom. The maximum absolute atomic E-state index is 10.0. The zero-order valence-corrected chi connectivity index (χ0v) is 10.5. The lowest BCUT2D eigenvalue weighted by molar-refractivity contribution is 0.477. The Labute approximate surface area is 107 Å². The van der Waals surface area contributed by atoms with Gasteiger partial charge in [-0.05, 0) is 29.7 Å². The van der Waals surface area contributed by atoms with E-state index in [2.05, 4.69) is 37.1 Å². The zero-order valence-electron chi connectivity index (χ0n) is 10.5. The number of nitrogens with one attached hydrogen (secondary N) is 1. The van der Waals surface area contributed by atoms with Crippen molar-refractivity contribution in [3.8, 4) is 17.0 Å². The molecule has 0 amide bonds. The van der Waals surface area contributed by atoms with Crippen molar-refractivity contribution in [3.63, 3.8) is 0 Å². The topological polar surface area (TPSA) is 36.0 Å². The van der Waals surface area contributed by atoms with Gasteiger partial charge in [-0.2, -0.15) is 0 Å². The van der Waals surface area contributed by atoms with Crippen LogP contribution in [0.5, 0.6) is 5.75 Å². The molecule has 3 rings (SSSR count). The fraction of sp³-hybridized carbons (Fsp3) is 0. The van der Waals surface area contributed by atoms with Crippen molar-refractivity contribution in [2.24, 2.45) is 0 Å². The molecule has 3 aromatic rings. The Morgan fingerprint density at radius 1 is 0.889 bits per heavy atom. The molecule has 0 bridgehead atoms. The Kier molecular flexibility index (Phi) is 2.44. The number of H-pyrrole nitrogens is 1. The maximum Gasteiger partial charge on any atom is 0.139 e. The fourth-order valence-electron chi connectivity index (χ4n) is 2.27. The minimum absolute atomic E-state index is 0.318. The number of fused-ring (bicyclic) bond motifs is 1. The van der Waals surface area contributed by atoms with Crippen molar-refractivity contribution in [1.82, 2.24) is 4.98 Å². The quantitative estimate of drug-likeness (QED) is 0.572. The molecular formula is C14H13B2NO.